The van der Waals surface area contributed by atoms with Crippen LogP contribution in [0.1, 0.15) is 27.2 Å². The summed E-state index contributed by atoms with van der Waals surface area (Å²) in [4.78, 5) is 28.8. The van der Waals surface area contributed by atoms with Crippen LogP contribution in [0.5, 0.6) is 5.75 Å². The molecule has 1 amide bonds. The van der Waals surface area contributed by atoms with Crippen LogP contribution in [0, 0.1) is 6.92 Å². The molecule has 0 saturated carbocycles. The van der Waals surface area contributed by atoms with E-state index in [0.717, 1.165) is 11.1 Å². The van der Waals surface area contributed by atoms with E-state index < -0.39 is 12.1 Å². The van der Waals surface area contributed by atoms with Gasteiger partial charge in [-0.3, -0.25) is 5.32 Å². The number of hydrogen-bond donors (Lipinski definition) is 1. The minimum atomic E-state index is -0.533. The molecule has 3 aromatic rings. The zero-order valence-electron chi connectivity index (χ0n) is 16.9. The summed E-state index contributed by atoms with van der Waals surface area (Å²) in [5, 5.41) is 3.29. The first-order chi connectivity index (χ1) is 14.5. The van der Waals surface area contributed by atoms with Crippen molar-refractivity contribution in [2.24, 2.45) is 0 Å². The first-order valence-corrected chi connectivity index (χ1v) is 10.1. The van der Waals surface area contributed by atoms with E-state index in [-0.39, 0.29) is 6.61 Å². The molecule has 1 N–H and O–H groups in total. The van der Waals surface area contributed by atoms with E-state index >= 15 is 0 Å². The average molecular weight is 426 g/mol. The molecule has 0 fully saturated rings. The lowest BCUT2D eigenvalue weighted by molar-refractivity contribution is 0.0532. The third kappa shape index (κ3) is 5.15. The minimum Gasteiger partial charge on any atom is -0.486 e. The summed E-state index contributed by atoms with van der Waals surface area (Å²) < 4.78 is 15.6. The topological polar surface area (TPSA) is 86.8 Å². The van der Waals surface area contributed by atoms with E-state index in [0.29, 0.717) is 33.6 Å². The molecule has 30 heavy (non-hydrogen) atoms. The van der Waals surface area contributed by atoms with Crippen LogP contribution >= 0.6 is 11.3 Å². The molecule has 3 rings (SSSR count). The maximum atomic E-state index is 12.4. The van der Waals surface area contributed by atoms with Gasteiger partial charge in [-0.2, -0.15) is 0 Å². The standard InChI is InChI=1S/C22H22N2O5S/c1-4-28-21(25)20-19(15-8-6-5-7-9-15)24-18(30-20)13-29-16-10-11-17(14(2)12-16)23-22(26)27-3/h5-12H,4,13H2,1-3H3,(H,23,26). The van der Waals surface area contributed by atoms with Crippen molar-refractivity contribution in [3.63, 3.8) is 0 Å². The molecule has 0 atom stereocenters. The van der Waals surface area contributed by atoms with Crippen molar-refractivity contribution in [3.8, 4) is 17.0 Å². The summed E-state index contributed by atoms with van der Waals surface area (Å²) in [5.41, 5.74) is 2.90. The largest absolute Gasteiger partial charge is 0.486 e. The second-order valence-electron chi connectivity index (χ2n) is 6.25. The molecule has 156 valence electrons. The van der Waals surface area contributed by atoms with Crippen LogP contribution in [0.3, 0.4) is 0 Å². The quantitative estimate of drug-likeness (QED) is 0.532. The van der Waals surface area contributed by atoms with Gasteiger partial charge in [0.05, 0.1) is 19.4 Å². The van der Waals surface area contributed by atoms with Crippen LogP contribution in [0.25, 0.3) is 11.3 Å². The Labute approximate surface area is 178 Å². The first kappa shape index (κ1) is 21.3. The number of nitrogens with one attached hydrogen (secondary N) is 1. The monoisotopic (exact) mass is 426 g/mol. The van der Waals surface area contributed by atoms with Crippen LogP contribution in [-0.4, -0.2) is 30.8 Å². The zero-order chi connectivity index (χ0) is 21.5. The molecule has 0 aliphatic rings. The number of esters is 1. The number of amides is 1. The molecule has 1 aromatic heterocycles. The summed E-state index contributed by atoms with van der Waals surface area (Å²) in [7, 11) is 1.31. The van der Waals surface area contributed by atoms with Crippen molar-refractivity contribution < 1.29 is 23.8 Å². The lowest BCUT2D eigenvalue weighted by atomic mass is 10.1. The van der Waals surface area contributed by atoms with Crippen LogP contribution in [-0.2, 0) is 16.1 Å². The third-order valence-electron chi connectivity index (χ3n) is 4.16. The molecule has 7 nitrogen and oxygen atoms in total. The fraction of sp³-hybridized carbons (Fsp3) is 0.227. The second-order valence-corrected chi connectivity index (χ2v) is 7.34. The van der Waals surface area contributed by atoms with Crippen molar-refractivity contribution in [1.82, 2.24) is 4.98 Å². The number of ether oxygens (including phenoxy) is 3. The van der Waals surface area contributed by atoms with Crippen LogP contribution in [0.4, 0.5) is 10.5 Å². The van der Waals surface area contributed by atoms with Crippen molar-refractivity contribution in [2.75, 3.05) is 19.0 Å². The summed E-state index contributed by atoms with van der Waals surface area (Å²) in [6.07, 6.45) is -0.533. The lowest BCUT2D eigenvalue weighted by Crippen LogP contribution is -2.11. The molecule has 0 unspecified atom stereocenters. The Morgan fingerprint density at radius 3 is 2.57 bits per heavy atom. The summed E-state index contributed by atoms with van der Waals surface area (Å²) in [6, 6.07) is 14.8. The average Bonchev–Trinajstić information content (AvgIpc) is 3.19. The molecule has 0 radical (unpaired) electrons. The number of nitrogens with zero attached hydrogens (tertiary/aromatic N) is 1. The number of anilines is 1. The fourth-order valence-electron chi connectivity index (χ4n) is 2.73. The Kier molecular flexibility index (Phi) is 7.03. The van der Waals surface area contributed by atoms with Crippen molar-refractivity contribution in [3.05, 3.63) is 64.0 Å². The second kappa shape index (κ2) is 9.89. The van der Waals surface area contributed by atoms with Crippen LogP contribution < -0.4 is 10.1 Å². The molecular formula is C22H22N2O5S. The molecule has 1 heterocycles. The highest BCUT2D eigenvalue weighted by molar-refractivity contribution is 7.14. The van der Waals surface area contributed by atoms with Gasteiger partial charge in [-0.25, -0.2) is 14.6 Å². The number of rotatable bonds is 7. The van der Waals surface area contributed by atoms with E-state index in [2.05, 4.69) is 15.0 Å². The van der Waals surface area contributed by atoms with Gasteiger partial charge in [0, 0.05) is 11.3 Å². The number of aromatic nitrogens is 1. The normalized spacial score (nSPS) is 10.4. The highest BCUT2D eigenvalue weighted by Gasteiger charge is 2.20. The van der Waals surface area contributed by atoms with E-state index in [9.17, 15) is 9.59 Å². The van der Waals surface area contributed by atoms with Crippen LogP contribution in [0.2, 0.25) is 0 Å². The Balaban J connectivity index is 1.78. The van der Waals surface area contributed by atoms with Crippen molar-refractivity contribution in [1.29, 1.82) is 0 Å². The number of carbonyl (C=O) groups is 2. The lowest BCUT2D eigenvalue weighted by Gasteiger charge is -2.10. The summed E-state index contributed by atoms with van der Waals surface area (Å²) in [5.74, 6) is 0.228. The number of aryl methyl sites for hydroxylation is 1. The highest BCUT2D eigenvalue weighted by Crippen LogP contribution is 2.30. The van der Waals surface area contributed by atoms with Gasteiger partial charge in [0.2, 0.25) is 0 Å². The van der Waals surface area contributed by atoms with Gasteiger partial charge in [0.25, 0.3) is 0 Å². The Morgan fingerprint density at radius 2 is 1.90 bits per heavy atom. The van der Waals surface area contributed by atoms with Gasteiger partial charge in [0.15, 0.2) is 0 Å². The van der Waals surface area contributed by atoms with Crippen molar-refractivity contribution >= 4 is 29.1 Å². The molecule has 2 aromatic carbocycles. The van der Waals surface area contributed by atoms with E-state index in [1.807, 2.05) is 43.3 Å². The molecule has 0 saturated heterocycles. The maximum absolute atomic E-state index is 12.4. The van der Waals surface area contributed by atoms with E-state index in [1.54, 1.807) is 19.1 Å². The number of benzene rings is 2. The SMILES string of the molecule is CCOC(=O)c1sc(COc2ccc(NC(=O)OC)c(C)c2)nc1-c1ccccc1. The first-order valence-electron chi connectivity index (χ1n) is 9.32. The smallest absolute Gasteiger partial charge is 0.411 e. The maximum Gasteiger partial charge on any atom is 0.411 e. The van der Waals surface area contributed by atoms with Crippen molar-refractivity contribution in [2.45, 2.75) is 20.5 Å². The number of hydrogen-bond acceptors (Lipinski definition) is 7. The van der Waals surface area contributed by atoms with Gasteiger partial charge in [-0.1, -0.05) is 30.3 Å². The predicted molar refractivity (Wildman–Crippen MR) is 115 cm³/mol. The number of carbonyl (C=O) groups excluding carboxylic acids is 2. The Hall–Kier alpha value is -3.39. The van der Waals surface area contributed by atoms with Gasteiger partial charge in [0.1, 0.15) is 22.2 Å². The van der Waals surface area contributed by atoms with Gasteiger partial charge in [-0.15, -0.1) is 11.3 Å². The Morgan fingerprint density at radius 1 is 1.13 bits per heavy atom. The van der Waals surface area contributed by atoms with E-state index in [1.165, 1.54) is 18.4 Å². The molecule has 0 bridgehead atoms. The third-order valence-corrected chi connectivity index (χ3v) is 5.17. The molecular weight excluding hydrogens is 404 g/mol. The zero-order valence-corrected chi connectivity index (χ0v) is 17.7. The Bertz CT molecular complexity index is 1030. The number of thiazole rings is 1. The number of methoxy groups -OCH3 is 1. The molecule has 0 spiro atoms. The predicted octanol–water partition coefficient (Wildman–Crippen LogP) is 5.05. The van der Waals surface area contributed by atoms with E-state index in [4.69, 9.17) is 9.47 Å². The highest BCUT2D eigenvalue weighted by atomic mass is 32.1. The molecule has 0 aliphatic heterocycles. The molecule has 0 aliphatic carbocycles. The van der Waals surface area contributed by atoms with Gasteiger partial charge >= 0.3 is 12.1 Å². The van der Waals surface area contributed by atoms with Gasteiger partial charge in [-0.05, 0) is 37.6 Å². The summed E-state index contributed by atoms with van der Waals surface area (Å²) >= 11 is 1.26. The fourth-order valence-corrected chi connectivity index (χ4v) is 3.62. The van der Waals surface area contributed by atoms with Gasteiger partial charge < -0.3 is 14.2 Å². The molecule has 8 heteroatoms. The minimum absolute atomic E-state index is 0.202. The van der Waals surface area contributed by atoms with Crippen LogP contribution in [0.15, 0.2) is 48.5 Å². The summed E-state index contributed by atoms with van der Waals surface area (Å²) in [6.45, 7) is 4.12.